The molecule has 3 atom stereocenters. The fourth-order valence-corrected chi connectivity index (χ4v) is 7.37. The number of nitrogens with one attached hydrogen (secondary N) is 1. The minimum absolute atomic E-state index is 0.00777. The highest BCUT2D eigenvalue weighted by molar-refractivity contribution is 7.93. The zero-order valence-electron chi connectivity index (χ0n) is 14.3. The van der Waals surface area contributed by atoms with Crippen LogP contribution in [-0.2, 0) is 21.4 Å². The van der Waals surface area contributed by atoms with Crippen molar-refractivity contribution in [1.29, 1.82) is 0 Å². The van der Waals surface area contributed by atoms with Crippen LogP contribution in [0.3, 0.4) is 0 Å². The van der Waals surface area contributed by atoms with Gasteiger partial charge in [0.25, 0.3) is 0 Å². The number of carbonyl (C=O) groups is 1. The summed E-state index contributed by atoms with van der Waals surface area (Å²) >= 11 is 0. The molecule has 5 aliphatic rings. The topological polar surface area (TPSA) is 92.5 Å². The number of anilines is 1. The lowest BCUT2D eigenvalue weighted by atomic mass is 9.97. The number of nitrogens with zero attached hydrogens (tertiary/aromatic N) is 1. The average Bonchev–Trinajstić information content (AvgIpc) is 3.02. The lowest BCUT2D eigenvalue weighted by molar-refractivity contribution is -0.127. The Balaban J connectivity index is 1.29. The zero-order chi connectivity index (χ0) is 18.3. The van der Waals surface area contributed by atoms with Crippen LogP contribution in [0, 0.1) is 29.0 Å². The predicted molar refractivity (Wildman–Crippen MR) is 94.1 cm³/mol. The third kappa shape index (κ3) is 2.00. The van der Waals surface area contributed by atoms with E-state index in [2.05, 4.69) is 5.32 Å². The van der Waals surface area contributed by atoms with Gasteiger partial charge in [-0.3, -0.25) is 9.10 Å². The van der Waals surface area contributed by atoms with E-state index in [0.29, 0.717) is 36.3 Å². The first kappa shape index (κ1) is 16.5. The Morgan fingerprint density at radius 1 is 1.35 bits per heavy atom. The molecule has 1 aromatic carbocycles. The minimum Gasteiger partial charge on any atom is -0.351 e. The quantitative estimate of drug-likeness (QED) is 0.815. The minimum atomic E-state index is -3.41. The summed E-state index contributed by atoms with van der Waals surface area (Å²) in [7, 11) is -3.41. The van der Waals surface area contributed by atoms with E-state index in [-0.39, 0.29) is 35.3 Å². The second-order valence-corrected chi connectivity index (χ2v) is 10.1. The molecule has 4 bridgehead atoms. The van der Waals surface area contributed by atoms with Crippen molar-refractivity contribution >= 4 is 21.6 Å². The normalized spacial score (nSPS) is 38.6. The maximum atomic E-state index is 14.4. The fourth-order valence-electron chi connectivity index (χ4n) is 5.80. The van der Waals surface area contributed by atoms with Crippen LogP contribution in [0.1, 0.15) is 24.8 Å². The van der Waals surface area contributed by atoms with E-state index in [0.717, 1.165) is 17.1 Å². The van der Waals surface area contributed by atoms with Gasteiger partial charge >= 0.3 is 0 Å². The molecule has 1 saturated heterocycles. The molecule has 5 fully saturated rings. The summed E-state index contributed by atoms with van der Waals surface area (Å²) in [5, 5.41) is 2.93. The van der Waals surface area contributed by atoms with Crippen molar-refractivity contribution in [3.63, 3.8) is 0 Å². The molecule has 6 nitrogen and oxygen atoms in total. The van der Waals surface area contributed by atoms with Gasteiger partial charge in [0.05, 0.1) is 16.9 Å². The highest BCUT2D eigenvalue weighted by Gasteiger charge is 2.81. The first-order valence-corrected chi connectivity index (χ1v) is 10.8. The summed E-state index contributed by atoms with van der Waals surface area (Å²) in [5.41, 5.74) is 6.58. The third-order valence-electron chi connectivity index (χ3n) is 7.00. The molecule has 3 N–H and O–H groups in total. The molecule has 3 unspecified atom stereocenters. The number of halogens is 1. The van der Waals surface area contributed by atoms with Gasteiger partial charge < -0.3 is 11.1 Å². The van der Waals surface area contributed by atoms with Crippen molar-refractivity contribution < 1.29 is 17.6 Å². The molecule has 6 rings (SSSR count). The Hall–Kier alpha value is -1.67. The molecule has 0 spiro atoms. The van der Waals surface area contributed by atoms with Gasteiger partial charge in [0.2, 0.25) is 15.9 Å². The molecule has 0 radical (unpaired) electrons. The SMILES string of the molecule is NC1C2CC3C(C2)C13C(=O)NCc1ccc(N2CCCS2(=O)=O)c(F)c1. The van der Waals surface area contributed by atoms with Crippen molar-refractivity contribution in [2.45, 2.75) is 31.8 Å². The molecular formula is C18H22FN3O3S. The molecule has 1 aromatic rings. The number of rotatable bonds is 4. The predicted octanol–water partition coefficient (Wildman–Crippen LogP) is 0.965. The third-order valence-corrected chi connectivity index (χ3v) is 8.86. The first-order chi connectivity index (χ1) is 12.4. The maximum Gasteiger partial charge on any atom is 0.235 e. The van der Waals surface area contributed by atoms with E-state index < -0.39 is 15.8 Å². The molecule has 4 aliphatic carbocycles. The van der Waals surface area contributed by atoms with E-state index >= 15 is 0 Å². The average molecular weight is 379 g/mol. The fraction of sp³-hybridized carbons (Fsp3) is 0.611. The highest BCUT2D eigenvalue weighted by Crippen LogP contribution is 2.78. The Bertz CT molecular complexity index is 891. The second kappa shape index (κ2) is 5.19. The number of sulfonamides is 1. The maximum absolute atomic E-state index is 14.4. The molecule has 0 aromatic heterocycles. The second-order valence-electron chi connectivity index (χ2n) is 8.11. The van der Waals surface area contributed by atoms with Gasteiger partial charge in [-0.2, -0.15) is 0 Å². The molecule has 26 heavy (non-hydrogen) atoms. The molecule has 140 valence electrons. The highest BCUT2D eigenvalue weighted by atomic mass is 32.2. The number of benzene rings is 1. The monoisotopic (exact) mass is 379 g/mol. The molecule has 1 amide bonds. The summed E-state index contributed by atoms with van der Waals surface area (Å²) < 4.78 is 39.5. The van der Waals surface area contributed by atoms with Crippen LogP contribution in [0.15, 0.2) is 18.2 Å². The van der Waals surface area contributed by atoms with Crippen LogP contribution >= 0.6 is 0 Å². The summed E-state index contributed by atoms with van der Waals surface area (Å²) in [6.07, 6.45) is 2.63. The Labute approximate surface area is 152 Å². The number of amides is 1. The molecular weight excluding hydrogens is 357 g/mol. The van der Waals surface area contributed by atoms with Crippen molar-refractivity contribution in [3.05, 3.63) is 29.6 Å². The van der Waals surface area contributed by atoms with Gasteiger partial charge in [0, 0.05) is 19.1 Å². The van der Waals surface area contributed by atoms with Gasteiger partial charge in [-0.15, -0.1) is 0 Å². The van der Waals surface area contributed by atoms with Crippen molar-refractivity contribution in [3.8, 4) is 0 Å². The van der Waals surface area contributed by atoms with Crippen LogP contribution < -0.4 is 15.4 Å². The summed E-state index contributed by atoms with van der Waals surface area (Å²) in [6.45, 7) is 0.529. The summed E-state index contributed by atoms with van der Waals surface area (Å²) in [6, 6.07) is 4.41. The van der Waals surface area contributed by atoms with Crippen molar-refractivity contribution in [2.75, 3.05) is 16.6 Å². The number of carbonyl (C=O) groups excluding carboxylic acids is 1. The van der Waals surface area contributed by atoms with Gasteiger partial charge in [-0.25, -0.2) is 12.8 Å². The summed E-state index contributed by atoms with van der Waals surface area (Å²) in [5.74, 6) is 0.811. The van der Waals surface area contributed by atoms with E-state index in [1.165, 1.54) is 12.1 Å². The smallest absolute Gasteiger partial charge is 0.235 e. The van der Waals surface area contributed by atoms with E-state index in [1.807, 2.05) is 0 Å². The van der Waals surface area contributed by atoms with Gasteiger partial charge in [-0.05, 0) is 54.7 Å². The number of nitrogens with two attached hydrogens (primary N) is 1. The van der Waals surface area contributed by atoms with Gasteiger partial charge in [-0.1, -0.05) is 6.07 Å². The van der Waals surface area contributed by atoms with Crippen molar-refractivity contribution in [2.24, 2.45) is 28.9 Å². The lowest BCUT2D eigenvalue weighted by Gasteiger charge is -2.20. The molecule has 1 heterocycles. The molecule has 4 saturated carbocycles. The Morgan fingerprint density at radius 2 is 2.08 bits per heavy atom. The molecule has 8 heteroatoms. The van der Waals surface area contributed by atoms with Gasteiger partial charge in [0.1, 0.15) is 5.82 Å². The van der Waals surface area contributed by atoms with Crippen LogP contribution in [0.4, 0.5) is 10.1 Å². The first-order valence-electron chi connectivity index (χ1n) is 9.18. The summed E-state index contributed by atoms with van der Waals surface area (Å²) in [4.78, 5) is 12.7. The number of hydrogen-bond acceptors (Lipinski definition) is 4. The Kier molecular flexibility index (Phi) is 3.30. The van der Waals surface area contributed by atoms with Crippen LogP contribution in [-0.4, -0.2) is 32.7 Å². The standard InChI is InChI=1S/C18H22FN3O3S/c19-14-6-10(2-3-15(14)22-4-1-5-26(22,24)25)9-21-17(23)18-12-7-11(16(18)20)8-13(12)18/h2-3,6,11-13,16H,1,4-5,7-9,20H2,(H,21,23). The van der Waals surface area contributed by atoms with Crippen LogP contribution in [0.2, 0.25) is 0 Å². The number of hydrogen-bond donors (Lipinski definition) is 2. The largest absolute Gasteiger partial charge is 0.351 e. The van der Waals surface area contributed by atoms with Crippen LogP contribution in [0.25, 0.3) is 0 Å². The van der Waals surface area contributed by atoms with Gasteiger partial charge in [0.15, 0.2) is 0 Å². The van der Waals surface area contributed by atoms with Crippen molar-refractivity contribution in [1.82, 2.24) is 5.32 Å². The van der Waals surface area contributed by atoms with E-state index in [1.54, 1.807) is 6.07 Å². The van der Waals surface area contributed by atoms with Crippen LogP contribution in [0.5, 0.6) is 0 Å². The Morgan fingerprint density at radius 3 is 2.62 bits per heavy atom. The molecule has 1 aliphatic heterocycles. The van der Waals surface area contributed by atoms with E-state index in [9.17, 15) is 17.6 Å². The lowest BCUT2D eigenvalue weighted by Crippen LogP contribution is -2.43. The zero-order valence-corrected chi connectivity index (χ0v) is 15.1. The van der Waals surface area contributed by atoms with E-state index in [4.69, 9.17) is 5.73 Å².